The number of hydrogen-bond donors (Lipinski definition) is 2. The molecule has 0 aliphatic carbocycles. The first-order valence-corrected chi connectivity index (χ1v) is 7.78. The Morgan fingerprint density at radius 2 is 1.96 bits per heavy atom. The van der Waals surface area contributed by atoms with E-state index >= 15 is 0 Å². The molecule has 122 valence electrons. The molecule has 0 saturated carbocycles. The summed E-state index contributed by atoms with van der Waals surface area (Å²) in [6, 6.07) is 7.67. The molecular weight excluding hydrogens is 304 g/mol. The average Bonchev–Trinajstić information content (AvgIpc) is 3.05. The second kappa shape index (κ2) is 4.80. The molecule has 6 nitrogen and oxygen atoms in total. The number of nitrogens with one attached hydrogen (secondary N) is 2. The smallest absolute Gasteiger partial charge is 0.234 e. The Bertz CT molecular complexity index is 988. The third-order valence-corrected chi connectivity index (χ3v) is 4.55. The summed E-state index contributed by atoms with van der Waals surface area (Å²) in [5.41, 5.74) is 4.47. The number of amides is 1. The molecule has 2 aromatic heterocycles. The number of nitrogens with zero attached hydrogens (tertiary/aromatic N) is 2. The monoisotopic (exact) mass is 322 g/mol. The van der Waals surface area contributed by atoms with Crippen LogP contribution in [0, 0.1) is 6.92 Å². The van der Waals surface area contributed by atoms with E-state index in [0.29, 0.717) is 17.3 Å². The maximum Gasteiger partial charge on any atom is 0.234 e. The minimum Gasteiger partial charge on any atom is -0.494 e. The lowest BCUT2D eigenvalue weighted by atomic mass is 9.86. The number of benzene rings is 1. The Morgan fingerprint density at radius 1 is 1.17 bits per heavy atom. The number of aromatic amines is 1. The van der Waals surface area contributed by atoms with Crippen LogP contribution in [0.25, 0.3) is 22.6 Å². The van der Waals surface area contributed by atoms with Crippen LogP contribution in [0.1, 0.15) is 25.1 Å². The van der Waals surface area contributed by atoms with Crippen LogP contribution in [0.5, 0.6) is 5.75 Å². The Labute approximate surface area is 139 Å². The molecule has 1 aliphatic heterocycles. The number of methoxy groups -OCH3 is 1. The van der Waals surface area contributed by atoms with E-state index in [4.69, 9.17) is 4.74 Å². The van der Waals surface area contributed by atoms with Crippen molar-refractivity contribution in [1.29, 1.82) is 0 Å². The van der Waals surface area contributed by atoms with Gasteiger partial charge in [0.15, 0.2) is 5.82 Å². The molecule has 3 heterocycles. The SMILES string of the molecule is COc1ccc(C)nc1-c1nc2cc3c(cc2[nH]1)C(C)(C)C(=O)N3. The van der Waals surface area contributed by atoms with Crippen molar-refractivity contribution in [3.8, 4) is 17.3 Å². The summed E-state index contributed by atoms with van der Waals surface area (Å²) in [6.45, 7) is 5.77. The number of imidazole rings is 1. The van der Waals surface area contributed by atoms with Crippen LogP contribution in [0.3, 0.4) is 0 Å². The van der Waals surface area contributed by atoms with Gasteiger partial charge < -0.3 is 15.0 Å². The van der Waals surface area contributed by atoms with E-state index in [1.54, 1.807) is 7.11 Å². The number of carbonyl (C=O) groups is 1. The molecule has 6 heteroatoms. The molecule has 1 aliphatic rings. The molecule has 0 radical (unpaired) electrons. The molecule has 0 fully saturated rings. The summed E-state index contributed by atoms with van der Waals surface area (Å²) in [5.74, 6) is 1.33. The van der Waals surface area contributed by atoms with Gasteiger partial charge in [0.1, 0.15) is 11.4 Å². The number of ether oxygens (including phenoxy) is 1. The molecule has 3 aromatic rings. The number of fused-ring (bicyclic) bond motifs is 2. The maximum absolute atomic E-state index is 12.1. The second-order valence-corrected chi connectivity index (χ2v) is 6.58. The highest BCUT2D eigenvalue weighted by molar-refractivity contribution is 6.07. The minimum atomic E-state index is -0.548. The minimum absolute atomic E-state index is 0.00685. The van der Waals surface area contributed by atoms with Gasteiger partial charge in [-0.3, -0.25) is 4.79 Å². The summed E-state index contributed by atoms with van der Waals surface area (Å²) >= 11 is 0. The standard InChI is InChI=1S/C18H18N4O2/c1-9-5-6-14(24-4)15(19-9)16-20-12-7-10-11(8-13(12)21-16)22-17(23)18(10,2)3/h5-8H,1-4H3,(H,20,21)(H,22,23). The zero-order chi connectivity index (χ0) is 17.1. The van der Waals surface area contributed by atoms with Crippen molar-refractivity contribution in [3.63, 3.8) is 0 Å². The topological polar surface area (TPSA) is 79.9 Å². The third-order valence-electron chi connectivity index (χ3n) is 4.55. The highest BCUT2D eigenvalue weighted by Crippen LogP contribution is 2.40. The zero-order valence-corrected chi connectivity index (χ0v) is 14.0. The molecule has 0 bridgehead atoms. The lowest BCUT2D eigenvalue weighted by molar-refractivity contribution is -0.119. The number of pyridine rings is 1. The number of anilines is 1. The van der Waals surface area contributed by atoms with E-state index in [-0.39, 0.29) is 5.91 Å². The van der Waals surface area contributed by atoms with Crippen LogP contribution < -0.4 is 10.1 Å². The van der Waals surface area contributed by atoms with Gasteiger partial charge in [0.2, 0.25) is 5.91 Å². The largest absolute Gasteiger partial charge is 0.494 e. The molecule has 1 amide bonds. The highest BCUT2D eigenvalue weighted by atomic mass is 16.5. The van der Waals surface area contributed by atoms with Crippen molar-refractivity contribution in [1.82, 2.24) is 15.0 Å². The van der Waals surface area contributed by atoms with E-state index in [1.807, 2.05) is 45.0 Å². The van der Waals surface area contributed by atoms with E-state index in [2.05, 4.69) is 20.3 Å². The lowest BCUT2D eigenvalue weighted by Crippen LogP contribution is -2.26. The summed E-state index contributed by atoms with van der Waals surface area (Å²) in [5, 5.41) is 2.93. The highest BCUT2D eigenvalue weighted by Gasteiger charge is 2.38. The van der Waals surface area contributed by atoms with E-state index in [1.165, 1.54) is 0 Å². The van der Waals surface area contributed by atoms with Gasteiger partial charge in [0.25, 0.3) is 0 Å². The summed E-state index contributed by atoms with van der Waals surface area (Å²) in [6.07, 6.45) is 0. The maximum atomic E-state index is 12.1. The molecule has 0 saturated heterocycles. The predicted octanol–water partition coefficient (Wildman–Crippen LogP) is 3.17. The van der Waals surface area contributed by atoms with Gasteiger partial charge in [-0.05, 0) is 50.6 Å². The van der Waals surface area contributed by atoms with Gasteiger partial charge in [-0.1, -0.05) is 0 Å². The first-order valence-electron chi connectivity index (χ1n) is 7.78. The fourth-order valence-corrected chi connectivity index (χ4v) is 3.07. The number of aromatic nitrogens is 3. The normalized spacial score (nSPS) is 15.4. The molecule has 24 heavy (non-hydrogen) atoms. The Morgan fingerprint density at radius 3 is 2.71 bits per heavy atom. The second-order valence-electron chi connectivity index (χ2n) is 6.58. The molecular formula is C18H18N4O2. The molecule has 1 aromatic carbocycles. The van der Waals surface area contributed by atoms with Gasteiger partial charge in [0.05, 0.1) is 23.6 Å². The Balaban J connectivity index is 1.90. The quantitative estimate of drug-likeness (QED) is 0.759. The van der Waals surface area contributed by atoms with Crippen molar-refractivity contribution < 1.29 is 9.53 Å². The van der Waals surface area contributed by atoms with Crippen LogP contribution in [0.15, 0.2) is 24.3 Å². The Kier molecular flexibility index (Phi) is 2.94. The molecule has 0 unspecified atom stereocenters. The number of H-pyrrole nitrogens is 1. The fourth-order valence-electron chi connectivity index (χ4n) is 3.07. The van der Waals surface area contributed by atoms with Crippen molar-refractivity contribution in [2.45, 2.75) is 26.2 Å². The van der Waals surface area contributed by atoms with Crippen LogP contribution >= 0.6 is 0 Å². The lowest BCUT2D eigenvalue weighted by Gasteiger charge is -2.14. The summed E-state index contributed by atoms with van der Waals surface area (Å²) in [7, 11) is 1.62. The molecule has 4 rings (SSSR count). The van der Waals surface area contributed by atoms with Crippen molar-refractivity contribution in [3.05, 3.63) is 35.5 Å². The number of carbonyl (C=O) groups excluding carboxylic acids is 1. The van der Waals surface area contributed by atoms with Gasteiger partial charge in [-0.15, -0.1) is 0 Å². The van der Waals surface area contributed by atoms with Gasteiger partial charge >= 0.3 is 0 Å². The Hall–Kier alpha value is -2.89. The van der Waals surface area contributed by atoms with Crippen LogP contribution in [0.4, 0.5) is 5.69 Å². The first-order chi connectivity index (χ1) is 11.4. The number of rotatable bonds is 2. The molecule has 2 N–H and O–H groups in total. The predicted molar refractivity (Wildman–Crippen MR) is 92.3 cm³/mol. The van der Waals surface area contributed by atoms with Crippen LogP contribution in [-0.2, 0) is 10.2 Å². The van der Waals surface area contributed by atoms with Gasteiger partial charge in [0, 0.05) is 11.4 Å². The average molecular weight is 322 g/mol. The molecule has 0 atom stereocenters. The summed E-state index contributed by atoms with van der Waals surface area (Å²) < 4.78 is 5.40. The van der Waals surface area contributed by atoms with Gasteiger partial charge in [-0.2, -0.15) is 0 Å². The van der Waals surface area contributed by atoms with E-state index in [9.17, 15) is 4.79 Å². The molecule has 0 spiro atoms. The van der Waals surface area contributed by atoms with Gasteiger partial charge in [-0.25, -0.2) is 9.97 Å². The summed E-state index contributed by atoms with van der Waals surface area (Å²) in [4.78, 5) is 24.6. The number of aryl methyl sites for hydroxylation is 1. The van der Waals surface area contributed by atoms with Crippen molar-refractivity contribution in [2.24, 2.45) is 0 Å². The third kappa shape index (κ3) is 1.99. The fraction of sp³-hybridized carbons (Fsp3) is 0.278. The number of hydrogen-bond acceptors (Lipinski definition) is 4. The van der Waals surface area contributed by atoms with Crippen molar-refractivity contribution in [2.75, 3.05) is 12.4 Å². The van der Waals surface area contributed by atoms with Crippen molar-refractivity contribution >= 4 is 22.6 Å². The van der Waals surface area contributed by atoms with Crippen LogP contribution in [-0.4, -0.2) is 28.0 Å². The first kappa shape index (κ1) is 14.7. The van der Waals surface area contributed by atoms with E-state index < -0.39 is 5.41 Å². The van der Waals surface area contributed by atoms with E-state index in [0.717, 1.165) is 28.0 Å². The van der Waals surface area contributed by atoms with Crippen LogP contribution in [0.2, 0.25) is 0 Å². The zero-order valence-electron chi connectivity index (χ0n) is 14.0.